The van der Waals surface area contributed by atoms with Crippen LogP contribution in [-0.4, -0.2) is 15.4 Å². The van der Waals surface area contributed by atoms with Crippen molar-refractivity contribution < 1.29 is 0 Å². The van der Waals surface area contributed by atoms with Gasteiger partial charge in [0.2, 0.25) is 0 Å². The fourth-order valence-corrected chi connectivity index (χ4v) is 0.698. The second-order valence-corrected chi connectivity index (χ2v) is 1.80. The van der Waals surface area contributed by atoms with Gasteiger partial charge in [-0.25, -0.2) is 0 Å². The minimum absolute atomic E-state index is 0.861. The number of rotatable bonds is 1. The molecule has 14 heavy (non-hydrogen) atoms. The summed E-state index contributed by atoms with van der Waals surface area (Å²) in [6.45, 7) is 13.5. The first kappa shape index (κ1) is 15.1. The van der Waals surface area contributed by atoms with Crippen LogP contribution < -0.4 is 10.7 Å². The molecule has 1 aromatic rings. The number of hydrogen-bond acceptors (Lipinski definition) is 2. The van der Waals surface area contributed by atoms with E-state index in [0.29, 0.717) is 0 Å². The maximum Gasteiger partial charge on any atom is 0.108 e. The van der Waals surface area contributed by atoms with Crippen molar-refractivity contribution in [1.29, 1.82) is 0 Å². The van der Waals surface area contributed by atoms with Crippen LogP contribution in [0.5, 0.6) is 0 Å². The van der Waals surface area contributed by atoms with Crippen LogP contribution in [-0.2, 0) is 0 Å². The molecule has 0 aliphatic carbocycles. The maximum atomic E-state index is 3.81. The van der Waals surface area contributed by atoms with Gasteiger partial charge in [0, 0.05) is 0 Å². The predicted octanol–water partition coefficient (Wildman–Crippen LogP) is 1.62. The first-order valence-electron chi connectivity index (χ1n) is 5.04. The summed E-state index contributed by atoms with van der Waals surface area (Å²) in [6, 6.07) is 0. The molecule has 0 saturated carbocycles. The van der Waals surface area contributed by atoms with Crippen LogP contribution in [0.3, 0.4) is 0 Å². The summed E-state index contributed by atoms with van der Waals surface area (Å²) in [5.41, 5.74) is 0. The van der Waals surface area contributed by atoms with E-state index in [0.717, 1.165) is 10.7 Å². The molecule has 0 aromatic carbocycles. The number of H-pyrrole nitrogens is 1. The number of aromatic amines is 1. The highest BCUT2D eigenvalue weighted by Crippen LogP contribution is 1.59. The Kier molecular flexibility index (Phi) is 12.5. The minimum atomic E-state index is 0.861. The molecule has 0 amide bonds. The van der Waals surface area contributed by atoms with E-state index in [-0.39, 0.29) is 0 Å². The van der Waals surface area contributed by atoms with Gasteiger partial charge in [0.15, 0.2) is 0 Å². The van der Waals surface area contributed by atoms with Gasteiger partial charge < -0.3 is 0 Å². The first-order valence-corrected chi connectivity index (χ1v) is 5.04. The standard InChI is InChI=1S/C7H9N3.2C2H6/c1-3-5-7-6(4-2)8-10-9-7;2*1-2/h3-5H,1H2,2H3,(H,8,9);2*1-2H3/b6-4+,7-5+;;. The van der Waals surface area contributed by atoms with Crippen molar-refractivity contribution in [3.63, 3.8) is 0 Å². The van der Waals surface area contributed by atoms with E-state index < -0.39 is 0 Å². The Balaban J connectivity index is 0. The fourth-order valence-electron chi connectivity index (χ4n) is 0.698. The maximum absolute atomic E-state index is 3.81. The summed E-state index contributed by atoms with van der Waals surface area (Å²) >= 11 is 0. The van der Waals surface area contributed by atoms with Gasteiger partial charge >= 0.3 is 0 Å². The van der Waals surface area contributed by atoms with E-state index in [2.05, 4.69) is 22.0 Å². The normalized spacial score (nSPS) is 10.9. The van der Waals surface area contributed by atoms with Crippen LogP contribution in [0.25, 0.3) is 12.2 Å². The second-order valence-electron chi connectivity index (χ2n) is 1.80. The monoisotopic (exact) mass is 195 g/mol. The third kappa shape index (κ3) is 5.30. The van der Waals surface area contributed by atoms with E-state index in [1.807, 2.05) is 46.8 Å². The molecule has 0 atom stereocenters. The molecule has 0 aliphatic rings. The molecule has 0 saturated heterocycles. The van der Waals surface area contributed by atoms with Crippen LogP contribution in [0.2, 0.25) is 0 Å². The predicted molar refractivity (Wildman–Crippen MR) is 63.1 cm³/mol. The summed E-state index contributed by atoms with van der Waals surface area (Å²) in [5, 5.41) is 11.9. The zero-order valence-corrected chi connectivity index (χ0v) is 9.83. The molecule has 0 radical (unpaired) electrons. The van der Waals surface area contributed by atoms with Gasteiger partial charge in [-0.1, -0.05) is 51.6 Å². The smallest absolute Gasteiger partial charge is 0.108 e. The van der Waals surface area contributed by atoms with Gasteiger partial charge in [-0.05, 0) is 13.0 Å². The van der Waals surface area contributed by atoms with Crippen molar-refractivity contribution in [2.45, 2.75) is 34.6 Å². The van der Waals surface area contributed by atoms with Crippen molar-refractivity contribution in [2.75, 3.05) is 0 Å². The van der Waals surface area contributed by atoms with Crippen molar-refractivity contribution in [1.82, 2.24) is 15.4 Å². The number of nitrogens with zero attached hydrogens (tertiary/aromatic N) is 2. The molecule has 1 rings (SSSR count). The second kappa shape index (κ2) is 11.6. The van der Waals surface area contributed by atoms with E-state index in [4.69, 9.17) is 0 Å². The number of aromatic nitrogens is 3. The topological polar surface area (TPSA) is 41.6 Å². The number of allylic oxidation sites excluding steroid dienone is 1. The lowest BCUT2D eigenvalue weighted by atomic mass is 10.4. The molecule has 3 nitrogen and oxygen atoms in total. The lowest BCUT2D eigenvalue weighted by Gasteiger charge is -1.69. The summed E-state index contributed by atoms with van der Waals surface area (Å²) in [6.07, 6.45) is 5.41. The zero-order valence-electron chi connectivity index (χ0n) is 9.83. The Bertz CT molecular complexity index is 323. The third-order valence-corrected chi connectivity index (χ3v) is 1.16. The van der Waals surface area contributed by atoms with Gasteiger partial charge in [0.1, 0.15) is 5.35 Å². The van der Waals surface area contributed by atoms with Crippen LogP contribution in [0.4, 0.5) is 0 Å². The van der Waals surface area contributed by atoms with E-state index in [1.165, 1.54) is 0 Å². The molecule has 1 N–H and O–H groups in total. The molecular weight excluding hydrogens is 174 g/mol. The summed E-state index contributed by atoms with van der Waals surface area (Å²) < 4.78 is 0. The van der Waals surface area contributed by atoms with Crippen LogP contribution >= 0.6 is 0 Å². The third-order valence-electron chi connectivity index (χ3n) is 1.16. The van der Waals surface area contributed by atoms with Crippen LogP contribution in [0.15, 0.2) is 12.7 Å². The highest BCUT2D eigenvalue weighted by molar-refractivity contribution is 5.32. The lowest BCUT2D eigenvalue weighted by molar-refractivity contribution is 0.925. The van der Waals surface area contributed by atoms with Gasteiger partial charge in [-0.2, -0.15) is 0 Å². The van der Waals surface area contributed by atoms with Crippen molar-refractivity contribution in [3.05, 3.63) is 23.4 Å². The molecule has 0 aliphatic heterocycles. The number of nitrogens with one attached hydrogen (secondary N) is 1. The van der Waals surface area contributed by atoms with Crippen molar-refractivity contribution in [2.24, 2.45) is 0 Å². The van der Waals surface area contributed by atoms with Gasteiger partial charge in [-0.3, -0.25) is 5.10 Å². The Morgan fingerprint density at radius 3 is 2.21 bits per heavy atom. The minimum Gasteiger partial charge on any atom is -0.258 e. The average molecular weight is 195 g/mol. The molecule has 1 heterocycles. The lowest BCUT2D eigenvalue weighted by Crippen LogP contribution is -2.23. The first-order chi connectivity index (χ1) is 6.88. The number of hydrogen-bond donors (Lipinski definition) is 1. The molecule has 80 valence electrons. The highest BCUT2D eigenvalue weighted by Gasteiger charge is 1.82. The van der Waals surface area contributed by atoms with Gasteiger partial charge in [-0.15, -0.1) is 5.10 Å². The van der Waals surface area contributed by atoms with Crippen LogP contribution in [0, 0.1) is 0 Å². The molecule has 0 fully saturated rings. The van der Waals surface area contributed by atoms with Gasteiger partial charge in [0.25, 0.3) is 0 Å². The molecule has 3 heteroatoms. The molecule has 0 spiro atoms. The Labute approximate surface area is 86.2 Å². The van der Waals surface area contributed by atoms with Gasteiger partial charge in [0.05, 0.1) is 5.35 Å². The largest absolute Gasteiger partial charge is 0.258 e. The summed E-state index contributed by atoms with van der Waals surface area (Å²) in [5.74, 6) is 0. The Morgan fingerprint density at radius 2 is 1.79 bits per heavy atom. The Hall–Kier alpha value is -1.38. The average Bonchev–Trinajstić information content (AvgIpc) is 2.72. The molecule has 0 bridgehead atoms. The molecular formula is C11H21N3. The van der Waals surface area contributed by atoms with E-state index in [1.54, 1.807) is 6.08 Å². The van der Waals surface area contributed by atoms with E-state index >= 15 is 0 Å². The summed E-state index contributed by atoms with van der Waals surface area (Å²) in [7, 11) is 0. The highest BCUT2D eigenvalue weighted by atomic mass is 15.3. The van der Waals surface area contributed by atoms with Crippen LogP contribution in [0.1, 0.15) is 34.6 Å². The molecule has 0 unspecified atom stereocenters. The fraction of sp³-hybridized carbons (Fsp3) is 0.455. The van der Waals surface area contributed by atoms with Crippen molar-refractivity contribution in [3.8, 4) is 0 Å². The zero-order chi connectivity index (χ0) is 11.4. The summed E-state index contributed by atoms with van der Waals surface area (Å²) in [4.78, 5) is 0. The quantitative estimate of drug-likeness (QED) is 0.740. The van der Waals surface area contributed by atoms with Crippen molar-refractivity contribution >= 4 is 12.2 Å². The SMILES string of the molecule is C=C/C=c1/[nH]nn/c1=C/C.CC.CC. The van der Waals surface area contributed by atoms with E-state index in [9.17, 15) is 0 Å². The molecule has 1 aromatic heterocycles. The Morgan fingerprint density at radius 1 is 1.21 bits per heavy atom.